The van der Waals surface area contributed by atoms with Crippen LogP contribution in [0.3, 0.4) is 0 Å². The van der Waals surface area contributed by atoms with Gasteiger partial charge >= 0.3 is 0 Å². The van der Waals surface area contributed by atoms with Gasteiger partial charge in [-0.3, -0.25) is 0 Å². The van der Waals surface area contributed by atoms with Crippen molar-refractivity contribution in [1.82, 2.24) is 4.98 Å². The molecule has 2 N–H and O–H groups in total. The highest BCUT2D eigenvalue weighted by atomic mass is 32.1. The lowest BCUT2D eigenvalue weighted by Crippen LogP contribution is -2.24. The Labute approximate surface area is 121 Å². The van der Waals surface area contributed by atoms with Crippen molar-refractivity contribution >= 4 is 38.1 Å². The summed E-state index contributed by atoms with van der Waals surface area (Å²) in [7, 11) is 0. The molecule has 3 aromatic rings. The smallest absolute Gasteiger partial charge is 0.190 e. The Hall–Kier alpha value is -2.07. The van der Waals surface area contributed by atoms with Gasteiger partial charge in [-0.2, -0.15) is 0 Å². The standard InChI is InChI=1S/C16H15N3S/c17-12-7-8-13-15(10-12)20-16(18-13)19-9-3-5-11-4-1-2-6-14(11)19/h1-2,4,6-8,10H,3,5,9,17H2. The fourth-order valence-corrected chi connectivity index (χ4v) is 3.83. The Kier molecular flexibility index (Phi) is 2.63. The number of nitrogen functional groups attached to an aromatic ring is 1. The van der Waals surface area contributed by atoms with Gasteiger partial charge in [0.05, 0.1) is 10.2 Å². The zero-order chi connectivity index (χ0) is 13.5. The summed E-state index contributed by atoms with van der Waals surface area (Å²) in [5.41, 5.74) is 10.4. The summed E-state index contributed by atoms with van der Waals surface area (Å²) in [4.78, 5) is 7.10. The Morgan fingerprint density at radius 2 is 2.05 bits per heavy atom. The quantitative estimate of drug-likeness (QED) is 0.686. The lowest BCUT2D eigenvalue weighted by Gasteiger charge is -2.28. The van der Waals surface area contributed by atoms with Crippen LogP contribution in [0.2, 0.25) is 0 Å². The fraction of sp³-hybridized carbons (Fsp3) is 0.188. The molecule has 4 rings (SSSR count). The molecule has 0 amide bonds. The summed E-state index contributed by atoms with van der Waals surface area (Å²) in [5, 5.41) is 1.07. The molecular weight excluding hydrogens is 266 g/mol. The summed E-state index contributed by atoms with van der Waals surface area (Å²) in [5.74, 6) is 0. The fourth-order valence-electron chi connectivity index (χ4n) is 2.78. The van der Waals surface area contributed by atoms with E-state index in [1.165, 1.54) is 17.7 Å². The maximum absolute atomic E-state index is 5.85. The van der Waals surface area contributed by atoms with Crippen LogP contribution in [0.5, 0.6) is 0 Å². The summed E-state index contributed by atoms with van der Waals surface area (Å²) in [6, 6.07) is 14.5. The molecule has 0 aliphatic carbocycles. The second kappa shape index (κ2) is 4.49. The van der Waals surface area contributed by atoms with E-state index in [1.807, 2.05) is 18.2 Å². The van der Waals surface area contributed by atoms with E-state index in [0.717, 1.165) is 34.0 Å². The number of aryl methyl sites for hydroxylation is 1. The number of aromatic nitrogens is 1. The van der Waals surface area contributed by atoms with Gasteiger partial charge in [0.25, 0.3) is 0 Å². The van der Waals surface area contributed by atoms with E-state index >= 15 is 0 Å². The number of thiazole rings is 1. The monoisotopic (exact) mass is 281 g/mol. The van der Waals surface area contributed by atoms with Gasteiger partial charge in [-0.15, -0.1) is 0 Å². The molecule has 100 valence electrons. The largest absolute Gasteiger partial charge is 0.399 e. The van der Waals surface area contributed by atoms with Crippen LogP contribution in [-0.4, -0.2) is 11.5 Å². The highest BCUT2D eigenvalue weighted by Gasteiger charge is 2.20. The van der Waals surface area contributed by atoms with Crippen molar-refractivity contribution in [3.05, 3.63) is 48.0 Å². The highest BCUT2D eigenvalue weighted by molar-refractivity contribution is 7.22. The van der Waals surface area contributed by atoms with Crippen molar-refractivity contribution in [3.63, 3.8) is 0 Å². The van der Waals surface area contributed by atoms with E-state index in [2.05, 4.69) is 29.2 Å². The lowest BCUT2D eigenvalue weighted by molar-refractivity contribution is 0.765. The number of benzene rings is 2. The maximum atomic E-state index is 5.85. The molecule has 2 heterocycles. The van der Waals surface area contributed by atoms with Gasteiger partial charge in [0.2, 0.25) is 0 Å². The average molecular weight is 281 g/mol. The molecule has 0 saturated heterocycles. The zero-order valence-electron chi connectivity index (χ0n) is 11.0. The van der Waals surface area contributed by atoms with E-state index in [9.17, 15) is 0 Å². The molecule has 0 radical (unpaired) electrons. The van der Waals surface area contributed by atoms with Crippen LogP contribution < -0.4 is 10.6 Å². The molecule has 0 fully saturated rings. The van der Waals surface area contributed by atoms with Crippen LogP contribution in [0.4, 0.5) is 16.5 Å². The van der Waals surface area contributed by atoms with Crippen LogP contribution in [0, 0.1) is 0 Å². The van der Waals surface area contributed by atoms with E-state index in [1.54, 1.807) is 11.3 Å². The van der Waals surface area contributed by atoms with Crippen molar-refractivity contribution in [2.24, 2.45) is 0 Å². The third kappa shape index (κ3) is 1.84. The minimum absolute atomic E-state index is 0.798. The molecule has 0 atom stereocenters. The molecule has 1 aliphatic heterocycles. The first-order valence-electron chi connectivity index (χ1n) is 6.83. The van der Waals surface area contributed by atoms with E-state index in [0.29, 0.717) is 0 Å². The summed E-state index contributed by atoms with van der Waals surface area (Å²) in [6.45, 7) is 1.03. The van der Waals surface area contributed by atoms with Gasteiger partial charge in [0, 0.05) is 17.9 Å². The minimum Gasteiger partial charge on any atom is -0.399 e. The van der Waals surface area contributed by atoms with Gasteiger partial charge in [-0.25, -0.2) is 4.98 Å². The number of nitrogens with zero attached hydrogens (tertiary/aromatic N) is 2. The normalized spacial score (nSPS) is 14.5. The SMILES string of the molecule is Nc1ccc2nc(N3CCCc4ccccc43)sc2c1. The van der Waals surface area contributed by atoms with Crippen molar-refractivity contribution in [2.45, 2.75) is 12.8 Å². The molecular formula is C16H15N3S. The number of hydrogen-bond acceptors (Lipinski definition) is 4. The Bertz CT molecular complexity index is 778. The predicted octanol–water partition coefficient (Wildman–Crippen LogP) is 3.96. The first-order chi connectivity index (χ1) is 9.81. The summed E-state index contributed by atoms with van der Waals surface area (Å²) in [6.07, 6.45) is 2.33. The zero-order valence-corrected chi connectivity index (χ0v) is 11.9. The molecule has 0 bridgehead atoms. The summed E-state index contributed by atoms with van der Waals surface area (Å²) < 4.78 is 1.16. The number of anilines is 3. The molecule has 2 aromatic carbocycles. The second-order valence-corrected chi connectivity index (χ2v) is 6.12. The van der Waals surface area contributed by atoms with E-state index in [-0.39, 0.29) is 0 Å². The number of hydrogen-bond donors (Lipinski definition) is 1. The number of para-hydroxylation sites is 1. The molecule has 20 heavy (non-hydrogen) atoms. The van der Waals surface area contributed by atoms with Crippen LogP contribution in [0.25, 0.3) is 10.2 Å². The molecule has 1 aromatic heterocycles. The molecule has 4 heteroatoms. The Balaban J connectivity index is 1.84. The molecule has 0 spiro atoms. The van der Waals surface area contributed by atoms with Crippen molar-refractivity contribution in [2.75, 3.05) is 17.2 Å². The first kappa shape index (κ1) is 11.7. The van der Waals surface area contributed by atoms with Gasteiger partial charge in [0.1, 0.15) is 0 Å². The van der Waals surface area contributed by atoms with Gasteiger partial charge in [-0.1, -0.05) is 29.5 Å². The highest BCUT2D eigenvalue weighted by Crippen LogP contribution is 2.37. The van der Waals surface area contributed by atoms with Crippen LogP contribution in [0.1, 0.15) is 12.0 Å². The van der Waals surface area contributed by atoms with Crippen LogP contribution >= 0.6 is 11.3 Å². The molecule has 1 aliphatic rings. The van der Waals surface area contributed by atoms with Gasteiger partial charge in [-0.05, 0) is 42.7 Å². The molecule has 0 unspecified atom stereocenters. The second-order valence-electron chi connectivity index (χ2n) is 5.11. The van der Waals surface area contributed by atoms with E-state index in [4.69, 9.17) is 10.7 Å². The van der Waals surface area contributed by atoms with Crippen molar-refractivity contribution in [3.8, 4) is 0 Å². The molecule has 0 saturated carbocycles. The average Bonchev–Trinajstić information content (AvgIpc) is 2.89. The van der Waals surface area contributed by atoms with Gasteiger partial charge in [0.15, 0.2) is 5.13 Å². The van der Waals surface area contributed by atoms with E-state index < -0.39 is 0 Å². The lowest BCUT2D eigenvalue weighted by atomic mass is 10.0. The number of rotatable bonds is 1. The van der Waals surface area contributed by atoms with Crippen molar-refractivity contribution in [1.29, 1.82) is 0 Å². The minimum atomic E-state index is 0.798. The third-order valence-corrected chi connectivity index (χ3v) is 4.78. The Morgan fingerprint density at radius 1 is 1.15 bits per heavy atom. The number of nitrogens with two attached hydrogens (primary N) is 1. The van der Waals surface area contributed by atoms with Crippen LogP contribution in [0.15, 0.2) is 42.5 Å². The Morgan fingerprint density at radius 3 is 3.00 bits per heavy atom. The molecule has 3 nitrogen and oxygen atoms in total. The predicted molar refractivity (Wildman–Crippen MR) is 85.8 cm³/mol. The first-order valence-corrected chi connectivity index (χ1v) is 7.64. The third-order valence-electron chi connectivity index (χ3n) is 3.74. The number of fused-ring (bicyclic) bond motifs is 2. The summed E-state index contributed by atoms with van der Waals surface area (Å²) >= 11 is 1.72. The van der Waals surface area contributed by atoms with Crippen molar-refractivity contribution < 1.29 is 0 Å². The van der Waals surface area contributed by atoms with Crippen LogP contribution in [-0.2, 0) is 6.42 Å². The topological polar surface area (TPSA) is 42.1 Å². The maximum Gasteiger partial charge on any atom is 0.190 e. The van der Waals surface area contributed by atoms with Gasteiger partial charge < -0.3 is 10.6 Å².